The van der Waals surface area contributed by atoms with Gasteiger partial charge in [0.05, 0.1) is 0 Å². The van der Waals surface area contributed by atoms with Gasteiger partial charge in [0.15, 0.2) is 6.10 Å². The van der Waals surface area contributed by atoms with Gasteiger partial charge in [-0.25, -0.2) is 0 Å². The van der Waals surface area contributed by atoms with E-state index < -0.39 is 12.1 Å². The monoisotopic (exact) mass is 947 g/mol. The first kappa shape index (κ1) is 64.6. The van der Waals surface area contributed by atoms with Crippen LogP contribution in [-0.4, -0.2) is 37.2 Å². The molecule has 0 bridgehead atoms. The Morgan fingerprint density at radius 2 is 0.632 bits per heavy atom. The summed E-state index contributed by atoms with van der Waals surface area (Å²) in [6.45, 7) is 6.41. The van der Waals surface area contributed by atoms with E-state index in [2.05, 4.69) is 99.8 Å². The predicted molar refractivity (Wildman–Crippen MR) is 293 cm³/mol. The Morgan fingerprint density at radius 1 is 0.309 bits per heavy atom. The quantitative estimate of drug-likeness (QED) is 0.0262. The van der Waals surface area contributed by atoms with Crippen LogP contribution in [0.3, 0.4) is 0 Å². The van der Waals surface area contributed by atoms with Crippen LogP contribution in [0.5, 0.6) is 0 Å². The first-order valence-electron chi connectivity index (χ1n) is 28.6. The molecule has 1 unspecified atom stereocenters. The average Bonchev–Trinajstić information content (AvgIpc) is 3.34. The molecule has 0 saturated carbocycles. The zero-order chi connectivity index (χ0) is 49.3. The Morgan fingerprint density at radius 3 is 1.01 bits per heavy atom. The second-order valence-corrected chi connectivity index (χ2v) is 18.8. The molecule has 0 aromatic rings. The molecule has 0 aromatic heterocycles. The molecule has 390 valence electrons. The van der Waals surface area contributed by atoms with E-state index >= 15 is 0 Å². The van der Waals surface area contributed by atoms with Gasteiger partial charge in [0.1, 0.15) is 13.2 Å². The molecule has 0 rings (SSSR count). The van der Waals surface area contributed by atoms with Crippen LogP contribution in [0.4, 0.5) is 0 Å². The maximum Gasteiger partial charge on any atom is 0.306 e. The topological polar surface area (TPSA) is 78.9 Å². The Balaban J connectivity index is 4.38. The van der Waals surface area contributed by atoms with Gasteiger partial charge in [0.25, 0.3) is 0 Å². The molecule has 0 aromatic carbocycles. The van der Waals surface area contributed by atoms with Crippen molar-refractivity contribution in [1.29, 1.82) is 0 Å². The summed E-state index contributed by atoms with van der Waals surface area (Å²) in [5.41, 5.74) is 0. The van der Waals surface area contributed by atoms with Gasteiger partial charge in [0, 0.05) is 19.3 Å². The number of hydrogen-bond donors (Lipinski definition) is 0. The summed E-state index contributed by atoms with van der Waals surface area (Å²) in [5.74, 6) is -0.998. The van der Waals surface area contributed by atoms with E-state index in [1.165, 1.54) is 128 Å². The number of ether oxygens (including phenoxy) is 3. The van der Waals surface area contributed by atoms with E-state index in [0.717, 1.165) is 96.3 Å². The largest absolute Gasteiger partial charge is 0.462 e. The molecular weight excluding hydrogens is 841 g/mol. The highest BCUT2D eigenvalue weighted by molar-refractivity contribution is 5.71. The Kier molecular flexibility index (Phi) is 53.4. The lowest BCUT2D eigenvalue weighted by atomic mass is 10.0. The summed E-state index contributed by atoms with van der Waals surface area (Å²) < 4.78 is 16.7. The molecule has 0 fully saturated rings. The normalized spacial score (nSPS) is 12.7. The van der Waals surface area contributed by atoms with Crippen LogP contribution in [0, 0.1) is 0 Å². The Bertz CT molecular complexity index is 1320. The summed E-state index contributed by atoms with van der Waals surface area (Å²) in [6.07, 6.45) is 73.2. The minimum Gasteiger partial charge on any atom is -0.462 e. The Labute approximate surface area is 420 Å². The van der Waals surface area contributed by atoms with Gasteiger partial charge in [-0.2, -0.15) is 0 Å². The number of unbranched alkanes of at least 4 members (excludes halogenated alkanes) is 26. The van der Waals surface area contributed by atoms with Crippen molar-refractivity contribution >= 4 is 17.9 Å². The lowest BCUT2D eigenvalue weighted by molar-refractivity contribution is -0.166. The third kappa shape index (κ3) is 53.5. The molecule has 0 aliphatic carbocycles. The first-order chi connectivity index (χ1) is 33.5. The van der Waals surface area contributed by atoms with Crippen LogP contribution in [0.1, 0.15) is 271 Å². The number of rotatable bonds is 51. The van der Waals surface area contributed by atoms with Gasteiger partial charge < -0.3 is 14.2 Å². The van der Waals surface area contributed by atoms with Crippen molar-refractivity contribution in [3.8, 4) is 0 Å². The van der Waals surface area contributed by atoms with Gasteiger partial charge >= 0.3 is 17.9 Å². The van der Waals surface area contributed by atoms with Gasteiger partial charge in [-0.1, -0.05) is 260 Å². The highest BCUT2D eigenvalue weighted by atomic mass is 16.6. The molecule has 0 amide bonds. The highest BCUT2D eigenvalue weighted by Gasteiger charge is 2.19. The van der Waals surface area contributed by atoms with E-state index in [1.807, 2.05) is 6.08 Å². The molecule has 1 atom stereocenters. The van der Waals surface area contributed by atoms with Crippen molar-refractivity contribution in [1.82, 2.24) is 0 Å². The number of carbonyl (C=O) groups excluding carboxylic acids is 3. The first-order valence-corrected chi connectivity index (χ1v) is 28.6. The van der Waals surface area contributed by atoms with Crippen LogP contribution < -0.4 is 0 Å². The molecular formula is C62H106O6. The third-order valence-corrected chi connectivity index (χ3v) is 12.1. The third-order valence-electron chi connectivity index (χ3n) is 12.1. The van der Waals surface area contributed by atoms with Crippen molar-refractivity contribution in [3.63, 3.8) is 0 Å². The minimum absolute atomic E-state index is 0.107. The molecule has 0 radical (unpaired) electrons. The standard InChI is InChI=1S/C62H106O6/c1-4-7-10-13-16-19-22-24-26-28-30-31-33-34-36-38-40-43-46-49-52-55-61(64)67-58-59(57-66-60(63)54-51-48-45-42-21-18-15-12-9-6-3)68-62(65)56-53-50-47-44-41-39-37-35-32-29-27-25-23-20-17-14-11-8-5-2/h8,11-12,15,17,20,25,27,32,35,39,41,47,50,59H,4-7,9-10,13-14,16,18-19,21-24,26,28-31,33-34,36-38,40,42-46,48-49,51-58H2,1-3H3/b11-8-,15-12-,20-17-,27-25-,35-32-,41-39-,50-47-. The van der Waals surface area contributed by atoms with Crippen LogP contribution >= 0.6 is 0 Å². The zero-order valence-electron chi connectivity index (χ0n) is 44.6. The molecule has 0 heterocycles. The van der Waals surface area contributed by atoms with Crippen LogP contribution in [0.25, 0.3) is 0 Å². The maximum absolute atomic E-state index is 12.8. The second-order valence-electron chi connectivity index (χ2n) is 18.8. The van der Waals surface area contributed by atoms with Crippen LogP contribution in [0.2, 0.25) is 0 Å². The molecule has 68 heavy (non-hydrogen) atoms. The predicted octanol–water partition coefficient (Wildman–Crippen LogP) is 19.2. The fraction of sp³-hybridized carbons (Fsp3) is 0.726. The van der Waals surface area contributed by atoms with E-state index in [9.17, 15) is 14.4 Å². The van der Waals surface area contributed by atoms with Gasteiger partial charge in [0.2, 0.25) is 0 Å². The van der Waals surface area contributed by atoms with E-state index in [4.69, 9.17) is 14.2 Å². The molecule has 0 spiro atoms. The number of esters is 3. The average molecular weight is 948 g/mol. The van der Waals surface area contributed by atoms with Gasteiger partial charge in [-0.15, -0.1) is 0 Å². The summed E-state index contributed by atoms with van der Waals surface area (Å²) in [6, 6.07) is 0. The van der Waals surface area contributed by atoms with E-state index in [-0.39, 0.29) is 31.6 Å². The molecule has 6 nitrogen and oxygen atoms in total. The maximum atomic E-state index is 12.8. The highest BCUT2D eigenvalue weighted by Crippen LogP contribution is 2.16. The summed E-state index contributed by atoms with van der Waals surface area (Å²) >= 11 is 0. The number of hydrogen-bond acceptors (Lipinski definition) is 6. The summed E-state index contributed by atoms with van der Waals surface area (Å²) in [4.78, 5) is 38.0. The van der Waals surface area contributed by atoms with Crippen molar-refractivity contribution < 1.29 is 28.6 Å². The SMILES string of the molecule is CC/C=C\C/C=C\C/C=C\C/C=C\C/C=C\C/C=C\CCC(=O)OC(COC(=O)CCCCCCC/C=C\CCC)COC(=O)CCCCCCCCCCCCCCCCCCCCCCC. The van der Waals surface area contributed by atoms with Crippen molar-refractivity contribution in [3.05, 3.63) is 85.1 Å². The van der Waals surface area contributed by atoms with Gasteiger partial charge in [-0.05, 0) is 77.0 Å². The van der Waals surface area contributed by atoms with Crippen LogP contribution in [0.15, 0.2) is 85.1 Å². The van der Waals surface area contributed by atoms with Crippen molar-refractivity contribution in [2.45, 2.75) is 277 Å². The lowest BCUT2D eigenvalue weighted by Crippen LogP contribution is -2.30. The fourth-order valence-electron chi connectivity index (χ4n) is 7.88. The zero-order valence-corrected chi connectivity index (χ0v) is 44.6. The van der Waals surface area contributed by atoms with E-state index in [1.54, 1.807) is 0 Å². The minimum atomic E-state index is -0.818. The Hall–Kier alpha value is -3.41. The summed E-state index contributed by atoms with van der Waals surface area (Å²) in [5, 5.41) is 0. The lowest BCUT2D eigenvalue weighted by Gasteiger charge is -2.18. The fourth-order valence-corrected chi connectivity index (χ4v) is 7.88. The van der Waals surface area contributed by atoms with Crippen LogP contribution in [-0.2, 0) is 28.6 Å². The second kappa shape index (κ2) is 56.2. The summed E-state index contributed by atoms with van der Waals surface area (Å²) in [7, 11) is 0. The van der Waals surface area contributed by atoms with Crippen molar-refractivity contribution in [2.75, 3.05) is 13.2 Å². The molecule has 0 aliphatic heterocycles. The number of allylic oxidation sites excluding steroid dienone is 14. The molecule has 6 heteroatoms. The molecule has 0 saturated heterocycles. The van der Waals surface area contributed by atoms with Crippen molar-refractivity contribution in [2.24, 2.45) is 0 Å². The smallest absolute Gasteiger partial charge is 0.306 e. The van der Waals surface area contributed by atoms with E-state index in [0.29, 0.717) is 19.3 Å². The van der Waals surface area contributed by atoms with Gasteiger partial charge in [-0.3, -0.25) is 14.4 Å². The molecule has 0 aliphatic rings. The number of carbonyl (C=O) groups is 3. The molecule has 0 N–H and O–H groups in total.